The van der Waals surface area contributed by atoms with Crippen LogP contribution in [-0.4, -0.2) is 5.11 Å². The van der Waals surface area contributed by atoms with Crippen molar-refractivity contribution < 1.29 is 5.11 Å². The van der Waals surface area contributed by atoms with Crippen molar-refractivity contribution in [3.63, 3.8) is 0 Å². The summed E-state index contributed by atoms with van der Waals surface area (Å²) >= 11 is 0. The normalized spacial score (nSPS) is 14.5. The highest BCUT2D eigenvalue weighted by Gasteiger charge is 2.27. The van der Waals surface area contributed by atoms with Crippen LogP contribution in [-0.2, 0) is 5.41 Å². The highest BCUT2D eigenvalue weighted by Crippen LogP contribution is 2.41. The Bertz CT molecular complexity index is 400. The third-order valence-corrected chi connectivity index (χ3v) is 2.70. The molecular weight excluding hydrogens is 220 g/mol. The standard InChI is InChI=1S/C12H14O.C3H8.C2H6/c1-8-7-12(2,3)11-5-4-9(13)6-10(8)11;1-3-2;1-2/h4-7,13H,1-3H3;3H2,1-2H3;1-2H3. The number of fused-ring (bicyclic) bond motifs is 1. The Morgan fingerprint density at radius 1 is 1.11 bits per heavy atom. The van der Waals surface area contributed by atoms with Gasteiger partial charge in [-0.05, 0) is 35.8 Å². The van der Waals surface area contributed by atoms with Crippen LogP contribution in [0.15, 0.2) is 24.3 Å². The van der Waals surface area contributed by atoms with Crippen molar-refractivity contribution in [2.75, 3.05) is 0 Å². The zero-order valence-corrected chi connectivity index (χ0v) is 13.0. The van der Waals surface area contributed by atoms with E-state index in [1.54, 1.807) is 6.07 Å². The van der Waals surface area contributed by atoms with Gasteiger partial charge in [0.2, 0.25) is 0 Å². The van der Waals surface area contributed by atoms with Gasteiger partial charge in [-0.1, -0.05) is 60.1 Å². The first kappa shape index (κ1) is 16.8. The second kappa shape index (κ2) is 7.25. The Hall–Kier alpha value is -1.24. The molecule has 0 saturated heterocycles. The van der Waals surface area contributed by atoms with Gasteiger partial charge in [-0.25, -0.2) is 0 Å². The van der Waals surface area contributed by atoms with E-state index in [9.17, 15) is 5.11 Å². The van der Waals surface area contributed by atoms with Gasteiger partial charge in [-0.3, -0.25) is 0 Å². The molecule has 0 atom stereocenters. The van der Waals surface area contributed by atoms with Crippen LogP contribution in [0, 0.1) is 0 Å². The van der Waals surface area contributed by atoms with E-state index in [1.165, 1.54) is 23.1 Å². The molecule has 0 unspecified atom stereocenters. The van der Waals surface area contributed by atoms with E-state index in [2.05, 4.69) is 40.7 Å². The molecule has 0 aromatic heterocycles. The SMILES string of the molecule is CC.CC1=CC(C)(C)c2ccc(O)cc21.CCC. The smallest absolute Gasteiger partial charge is 0.116 e. The summed E-state index contributed by atoms with van der Waals surface area (Å²) in [5.41, 5.74) is 3.87. The van der Waals surface area contributed by atoms with Crippen molar-refractivity contribution in [2.45, 2.75) is 60.3 Å². The van der Waals surface area contributed by atoms with Crippen molar-refractivity contribution in [2.24, 2.45) is 0 Å². The molecule has 1 aromatic carbocycles. The lowest BCUT2D eigenvalue weighted by atomic mass is 9.87. The molecule has 0 aliphatic heterocycles. The van der Waals surface area contributed by atoms with Crippen LogP contribution in [0.1, 0.15) is 66.0 Å². The molecule has 1 nitrogen and oxygen atoms in total. The fraction of sp³-hybridized carbons (Fsp3) is 0.529. The fourth-order valence-electron chi connectivity index (χ4n) is 2.12. The Labute approximate surface area is 113 Å². The lowest BCUT2D eigenvalue weighted by Crippen LogP contribution is -2.10. The summed E-state index contributed by atoms with van der Waals surface area (Å²) in [5.74, 6) is 0.351. The minimum atomic E-state index is 0.118. The molecule has 0 spiro atoms. The van der Waals surface area contributed by atoms with Gasteiger partial charge < -0.3 is 5.11 Å². The van der Waals surface area contributed by atoms with E-state index in [-0.39, 0.29) is 5.41 Å². The van der Waals surface area contributed by atoms with Crippen molar-refractivity contribution >= 4 is 5.57 Å². The Morgan fingerprint density at radius 2 is 1.61 bits per heavy atom. The van der Waals surface area contributed by atoms with E-state index < -0.39 is 0 Å². The molecule has 1 aliphatic carbocycles. The van der Waals surface area contributed by atoms with E-state index in [0.29, 0.717) is 5.75 Å². The van der Waals surface area contributed by atoms with Gasteiger partial charge >= 0.3 is 0 Å². The predicted octanol–water partition coefficient (Wildman–Crippen LogP) is 5.53. The molecule has 102 valence electrons. The predicted molar refractivity (Wildman–Crippen MR) is 82.1 cm³/mol. The van der Waals surface area contributed by atoms with Gasteiger partial charge in [0.15, 0.2) is 0 Å². The first-order valence-corrected chi connectivity index (χ1v) is 6.95. The second-order valence-electron chi connectivity index (χ2n) is 4.99. The van der Waals surface area contributed by atoms with E-state index in [1.807, 2.05) is 26.0 Å². The zero-order chi connectivity index (χ0) is 14.3. The molecular formula is C17H28O. The van der Waals surface area contributed by atoms with Gasteiger partial charge in [0.05, 0.1) is 0 Å². The first-order chi connectivity index (χ1) is 8.42. The van der Waals surface area contributed by atoms with Crippen LogP contribution in [0.2, 0.25) is 0 Å². The van der Waals surface area contributed by atoms with Crippen molar-refractivity contribution in [3.05, 3.63) is 35.4 Å². The number of hydrogen-bond donors (Lipinski definition) is 1. The van der Waals surface area contributed by atoms with E-state index in [0.717, 1.165) is 0 Å². The quantitative estimate of drug-likeness (QED) is 0.640. The summed E-state index contributed by atoms with van der Waals surface area (Å²) in [6, 6.07) is 5.61. The molecule has 0 amide bonds. The van der Waals surface area contributed by atoms with Gasteiger partial charge in [0.1, 0.15) is 5.75 Å². The highest BCUT2D eigenvalue weighted by molar-refractivity contribution is 5.75. The molecule has 0 radical (unpaired) electrons. The molecule has 0 heterocycles. The van der Waals surface area contributed by atoms with Crippen LogP contribution < -0.4 is 0 Å². The number of phenolic OH excluding ortho intramolecular Hbond substituents is 1. The second-order valence-corrected chi connectivity index (χ2v) is 4.99. The number of aromatic hydroxyl groups is 1. The van der Waals surface area contributed by atoms with Gasteiger partial charge in [-0.2, -0.15) is 0 Å². The summed E-state index contributed by atoms with van der Waals surface area (Å²) in [4.78, 5) is 0. The fourth-order valence-corrected chi connectivity index (χ4v) is 2.12. The average molecular weight is 248 g/mol. The summed E-state index contributed by atoms with van der Waals surface area (Å²) in [6.07, 6.45) is 3.50. The molecule has 18 heavy (non-hydrogen) atoms. The van der Waals surface area contributed by atoms with E-state index >= 15 is 0 Å². The summed E-state index contributed by atoms with van der Waals surface area (Å²) in [6.45, 7) is 14.7. The summed E-state index contributed by atoms with van der Waals surface area (Å²) in [5, 5.41) is 9.36. The van der Waals surface area contributed by atoms with Crippen LogP contribution in [0.25, 0.3) is 5.57 Å². The first-order valence-electron chi connectivity index (χ1n) is 6.95. The van der Waals surface area contributed by atoms with Crippen molar-refractivity contribution in [3.8, 4) is 5.75 Å². The van der Waals surface area contributed by atoms with Crippen LogP contribution in [0.4, 0.5) is 0 Å². The van der Waals surface area contributed by atoms with Gasteiger partial charge in [0, 0.05) is 5.41 Å². The molecule has 0 saturated carbocycles. The Morgan fingerprint density at radius 3 is 2.11 bits per heavy atom. The summed E-state index contributed by atoms with van der Waals surface area (Å²) in [7, 11) is 0. The third-order valence-electron chi connectivity index (χ3n) is 2.70. The third kappa shape index (κ3) is 3.90. The lowest BCUT2D eigenvalue weighted by molar-refractivity contribution is 0.474. The Balaban J connectivity index is 0.000000509. The molecule has 0 bridgehead atoms. The minimum absolute atomic E-state index is 0.118. The van der Waals surface area contributed by atoms with Crippen molar-refractivity contribution in [1.29, 1.82) is 0 Å². The van der Waals surface area contributed by atoms with Gasteiger partial charge in [-0.15, -0.1) is 0 Å². The molecule has 1 N–H and O–H groups in total. The van der Waals surface area contributed by atoms with Crippen LogP contribution in [0.3, 0.4) is 0 Å². The van der Waals surface area contributed by atoms with Crippen LogP contribution in [0.5, 0.6) is 5.75 Å². The highest BCUT2D eigenvalue weighted by atomic mass is 16.3. The number of rotatable bonds is 0. The zero-order valence-electron chi connectivity index (χ0n) is 13.0. The summed E-state index contributed by atoms with van der Waals surface area (Å²) < 4.78 is 0. The van der Waals surface area contributed by atoms with E-state index in [4.69, 9.17) is 0 Å². The number of benzene rings is 1. The monoisotopic (exact) mass is 248 g/mol. The topological polar surface area (TPSA) is 20.2 Å². The minimum Gasteiger partial charge on any atom is -0.508 e. The molecule has 2 rings (SSSR count). The molecule has 1 aromatic rings. The van der Waals surface area contributed by atoms with Crippen LogP contribution >= 0.6 is 0 Å². The van der Waals surface area contributed by atoms with Crippen molar-refractivity contribution in [1.82, 2.24) is 0 Å². The number of phenols is 1. The Kier molecular flexibility index (Phi) is 6.75. The average Bonchev–Trinajstić information content (AvgIpc) is 2.53. The lowest BCUT2D eigenvalue weighted by Gasteiger charge is -2.17. The number of allylic oxidation sites excluding steroid dienone is 2. The molecule has 1 aliphatic rings. The maximum absolute atomic E-state index is 9.36. The molecule has 1 heteroatoms. The maximum atomic E-state index is 9.36. The number of hydrogen-bond acceptors (Lipinski definition) is 1. The maximum Gasteiger partial charge on any atom is 0.116 e. The molecule has 0 fully saturated rings. The van der Waals surface area contributed by atoms with Gasteiger partial charge in [0.25, 0.3) is 0 Å². The largest absolute Gasteiger partial charge is 0.508 e.